The normalized spacial score (nSPS) is 21.7. The van der Waals surface area contributed by atoms with Gasteiger partial charge in [0.25, 0.3) is 0 Å². The molecule has 18 heavy (non-hydrogen) atoms. The van der Waals surface area contributed by atoms with Crippen molar-refractivity contribution in [3.63, 3.8) is 0 Å². The highest BCUT2D eigenvalue weighted by atomic mass is 15.3. The Labute approximate surface area is 111 Å². The largest absolute Gasteiger partial charge is 0.329 e. The molecular formula is C15H25N3. The van der Waals surface area contributed by atoms with E-state index in [-0.39, 0.29) is 0 Å². The Morgan fingerprint density at radius 2 is 1.56 bits per heavy atom. The van der Waals surface area contributed by atoms with Crippen LogP contribution in [-0.2, 0) is 0 Å². The fraction of sp³-hybridized carbons (Fsp3) is 0.600. The Morgan fingerprint density at radius 3 is 2.11 bits per heavy atom. The van der Waals surface area contributed by atoms with Crippen molar-refractivity contribution in [2.24, 2.45) is 5.73 Å². The highest BCUT2D eigenvalue weighted by Gasteiger charge is 2.23. The van der Waals surface area contributed by atoms with Gasteiger partial charge in [0.1, 0.15) is 0 Å². The molecule has 0 aromatic heterocycles. The summed E-state index contributed by atoms with van der Waals surface area (Å²) in [7, 11) is 0. The van der Waals surface area contributed by atoms with E-state index in [4.69, 9.17) is 5.73 Å². The van der Waals surface area contributed by atoms with Gasteiger partial charge in [-0.25, -0.2) is 0 Å². The van der Waals surface area contributed by atoms with Crippen molar-refractivity contribution >= 4 is 0 Å². The van der Waals surface area contributed by atoms with Crippen LogP contribution in [0.4, 0.5) is 0 Å². The van der Waals surface area contributed by atoms with Gasteiger partial charge in [-0.1, -0.05) is 30.3 Å². The maximum absolute atomic E-state index is 5.73. The zero-order valence-corrected chi connectivity index (χ0v) is 11.5. The van der Waals surface area contributed by atoms with Crippen LogP contribution in [0.2, 0.25) is 0 Å². The highest BCUT2D eigenvalue weighted by molar-refractivity contribution is 5.18. The van der Waals surface area contributed by atoms with E-state index in [2.05, 4.69) is 54.0 Å². The molecule has 1 aromatic carbocycles. The van der Waals surface area contributed by atoms with E-state index in [1.165, 1.54) is 5.56 Å². The first-order valence-corrected chi connectivity index (χ1v) is 6.95. The number of nitrogens with two attached hydrogens (primary N) is 1. The summed E-state index contributed by atoms with van der Waals surface area (Å²) in [6.07, 6.45) is 0. The van der Waals surface area contributed by atoms with Gasteiger partial charge >= 0.3 is 0 Å². The van der Waals surface area contributed by atoms with Gasteiger partial charge < -0.3 is 5.73 Å². The van der Waals surface area contributed by atoms with Crippen molar-refractivity contribution in [3.05, 3.63) is 35.9 Å². The molecule has 2 N–H and O–H groups in total. The average Bonchev–Trinajstić information content (AvgIpc) is 2.47. The summed E-state index contributed by atoms with van der Waals surface area (Å²) in [4.78, 5) is 5.06. The molecule has 3 heteroatoms. The van der Waals surface area contributed by atoms with E-state index in [1.807, 2.05) is 0 Å². The zero-order valence-electron chi connectivity index (χ0n) is 11.5. The molecular weight excluding hydrogens is 222 g/mol. The smallest absolute Gasteiger partial charge is 0.0320 e. The quantitative estimate of drug-likeness (QED) is 0.879. The van der Waals surface area contributed by atoms with Crippen LogP contribution < -0.4 is 5.73 Å². The van der Waals surface area contributed by atoms with E-state index in [9.17, 15) is 0 Å². The second-order valence-electron chi connectivity index (χ2n) is 5.24. The third kappa shape index (κ3) is 3.10. The number of piperazine rings is 1. The Hall–Kier alpha value is -0.900. The predicted molar refractivity (Wildman–Crippen MR) is 76.5 cm³/mol. The van der Waals surface area contributed by atoms with Crippen molar-refractivity contribution in [1.29, 1.82) is 0 Å². The van der Waals surface area contributed by atoms with E-state index < -0.39 is 0 Å². The maximum Gasteiger partial charge on any atom is 0.0320 e. The molecule has 2 unspecified atom stereocenters. The van der Waals surface area contributed by atoms with E-state index in [0.29, 0.717) is 12.1 Å². The van der Waals surface area contributed by atoms with Crippen LogP contribution in [0.5, 0.6) is 0 Å². The van der Waals surface area contributed by atoms with Gasteiger partial charge in [-0.15, -0.1) is 0 Å². The Balaban J connectivity index is 1.90. The summed E-state index contributed by atoms with van der Waals surface area (Å²) in [5.41, 5.74) is 7.15. The minimum absolute atomic E-state index is 0.513. The van der Waals surface area contributed by atoms with Gasteiger partial charge in [0.15, 0.2) is 0 Å². The van der Waals surface area contributed by atoms with Crippen LogP contribution in [0.1, 0.15) is 25.5 Å². The minimum atomic E-state index is 0.513. The summed E-state index contributed by atoms with van der Waals surface area (Å²) >= 11 is 0. The SMILES string of the molecule is CC(CN)N1CCN(C(C)c2ccccc2)CC1. The van der Waals surface area contributed by atoms with Crippen LogP contribution in [-0.4, -0.2) is 48.6 Å². The van der Waals surface area contributed by atoms with Crippen LogP contribution >= 0.6 is 0 Å². The molecule has 2 atom stereocenters. The van der Waals surface area contributed by atoms with Gasteiger partial charge in [0.05, 0.1) is 0 Å². The van der Waals surface area contributed by atoms with Gasteiger partial charge in [0.2, 0.25) is 0 Å². The summed E-state index contributed by atoms with van der Waals surface area (Å²) in [5, 5.41) is 0. The average molecular weight is 247 g/mol. The van der Waals surface area contributed by atoms with Gasteiger partial charge in [-0.05, 0) is 19.4 Å². The summed E-state index contributed by atoms with van der Waals surface area (Å²) in [6, 6.07) is 11.8. The van der Waals surface area contributed by atoms with Crippen LogP contribution in [0.15, 0.2) is 30.3 Å². The summed E-state index contributed by atoms with van der Waals surface area (Å²) < 4.78 is 0. The Morgan fingerprint density at radius 1 is 1.00 bits per heavy atom. The Bertz CT molecular complexity index is 344. The van der Waals surface area contributed by atoms with Crippen molar-refractivity contribution in [3.8, 4) is 0 Å². The number of hydrogen-bond acceptors (Lipinski definition) is 3. The third-order valence-corrected chi connectivity index (χ3v) is 4.14. The number of hydrogen-bond donors (Lipinski definition) is 1. The molecule has 1 aliphatic rings. The topological polar surface area (TPSA) is 32.5 Å². The lowest BCUT2D eigenvalue weighted by Crippen LogP contribution is -2.51. The highest BCUT2D eigenvalue weighted by Crippen LogP contribution is 2.21. The molecule has 0 radical (unpaired) electrons. The molecule has 1 aromatic rings. The fourth-order valence-corrected chi connectivity index (χ4v) is 2.66. The van der Waals surface area contributed by atoms with Gasteiger partial charge in [0, 0.05) is 44.8 Å². The molecule has 0 saturated carbocycles. The van der Waals surface area contributed by atoms with Crippen LogP contribution in [0.3, 0.4) is 0 Å². The predicted octanol–water partition coefficient (Wildman–Crippen LogP) is 1.71. The lowest BCUT2D eigenvalue weighted by atomic mass is 10.1. The number of rotatable bonds is 4. The molecule has 0 aliphatic carbocycles. The standard InChI is InChI=1S/C15H25N3/c1-13(12-16)17-8-10-18(11-9-17)14(2)15-6-4-3-5-7-15/h3-7,13-14H,8-12,16H2,1-2H3. The van der Waals surface area contributed by atoms with Gasteiger partial charge in [-0.2, -0.15) is 0 Å². The zero-order chi connectivity index (χ0) is 13.0. The van der Waals surface area contributed by atoms with Crippen molar-refractivity contribution in [1.82, 2.24) is 9.80 Å². The van der Waals surface area contributed by atoms with E-state index >= 15 is 0 Å². The molecule has 1 aliphatic heterocycles. The van der Waals surface area contributed by atoms with E-state index in [1.54, 1.807) is 0 Å². The second kappa shape index (κ2) is 6.32. The third-order valence-electron chi connectivity index (χ3n) is 4.14. The molecule has 0 amide bonds. The molecule has 0 spiro atoms. The monoisotopic (exact) mass is 247 g/mol. The van der Waals surface area contributed by atoms with Crippen LogP contribution in [0.25, 0.3) is 0 Å². The lowest BCUT2D eigenvalue weighted by Gasteiger charge is -2.40. The van der Waals surface area contributed by atoms with Gasteiger partial charge in [-0.3, -0.25) is 9.80 Å². The lowest BCUT2D eigenvalue weighted by molar-refractivity contribution is 0.0806. The molecule has 0 bridgehead atoms. The molecule has 100 valence electrons. The molecule has 1 saturated heterocycles. The molecule has 3 nitrogen and oxygen atoms in total. The fourth-order valence-electron chi connectivity index (χ4n) is 2.66. The number of benzene rings is 1. The first-order chi connectivity index (χ1) is 8.72. The minimum Gasteiger partial charge on any atom is -0.329 e. The van der Waals surface area contributed by atoms with Crippen molar-refractivity contribution in [2.45, 2.75) is 25.9 Å². The van der Waals surface area contributed by atoms with E-state index in [0.717, 1.165) is 32.7 Å². The molecule has 1 fully saturated rings. The first-order valence-electron chi connectivity index (χ1n) is 6.95. The van der Waals surface area contributed by atoms with Crippen LogP contribution in [0, 0.1) is 0 Å². The first kappa shape index (κ1) is 13.5. The van der Waals surface area contributed by atoms with Crippen molar-refractivity contribution in [2.75, 3.05) is 32.7 Å². The molecule has 1 heterocycles. The summed E-state index contributed by atoms with van der Waals surface area (Å²) in [6.45, 7) is 9.83. The van der Waals surface area contributed by atoms with Crippen molar-refractivity contribution < 1.29 is 0 Å². The summed E-state index contributed by atoms with van der Waals surface area (Å²) in [5.74, 6) is 0. The molecule has 2 rings (SSSR count). The second-order valence-corrected chi connectivity index (χ2v) is 5.24. The maximum atomic E-state index is 5.73. The Kier molecular flexibility index (Phi) is 4.75. The number of nitrogens with zero attached hydrogens (tertiary/aromatic N) is 2.